The lowest BCUT2D eigenvalue weighted by Gasteiger charge is -1.99. The molecule has 0 saturated heterocycles. The smallest absolute Gasteiger partial charge is 0.289 e. The average molecular weight is 252 g/mol. The molecule has 12 heavy (non-hydrogen) atoms. The number of hydrogen-bond acceptors (Lipinski definition) is 3. The molecule has 6 heteroatoms. The van der Waals surface area contributed by atoms with Crippen LogP contribution in [0.5, 0.6) is 5.75 Å². The zero-order valence-electron chi connectivity index (χ0n) is 5.62. The molecule has 0 atom stereocenters. The Balaban J connectivity index is 3.36. The van der Waals surface area contributed by atoms with Crippen LogP contribution in [0, 0.1) is 10.1 Å². The predicted molar refractivity (Wildman–Crippen MR) is 47.5 cm³/mol. The number of nitro groups is 1. The van der Waals surface area contributed by atoms with E-state index in [1.807, 2.05) is 0 Å². The molecule has 0 aromatic heterocycles. The van der Waals surface area contributed by atoms with Gasteiger partial charge in [0, 0.05) is 6.07 Å². The van der Waals surface area contributed by atoms with Crippen LogP contribution in [0.15, 0.2) is 16.6 Å². The fraction of sp³-hybridized carbons (Fsp3) is 0. The second kappa shape index (κ2) is 3.28. The number of nitro benzene ring substituents is 1. The number of halogens is 2. The molecular formula is C6H3BrClNO3. The number of phenolic OH excluding ortho intramolecular Hbond substituents is 1. The lowest BCUT2D eigenvalue weighted by Crippen LogP contribution is -1.89. The van der Waals surface area contributed by atoms with Gasteiger partial charge in [-0.3, -0.25) is 10.1 Å². The van der Waals surface area contributed by atoms with Gasteiger partial charge in [-0.1, -0.05) is 11.6 Å². The van der Waals surface area contributed by atoms with E-state index in [1.54, 1.807) is 0 Å². The molecule has 0 fully saturated rings. The molecule has 1 aromatic carbocycles. The van der Waals surface area contributed by atoms with Crippen LogP contribution in [0.1, 0.15) is 0 Å². The summed E-state index contributed by atoms with van der Waals surface area (Å²) in [6.45, 7) is 0. The Labute approximate surface area is 81.0 Å². The van der Waals surface area contributed by atoms with Crippen molar-refractivity contribution in [1.82, 2.24) is 0 Å². The largest absolute Gasteiger partial charge is 0.507 e. The van der Waals surface area contributed by atoms with E-state index < -0.39 is 4.92 Å². The van der Waals surface area contributed by atoms with Crippen molar-refractivity contribution in [1.29, 1.82) is 0 Å². The first-order valence-electron chi connectivity index (χ1n) is 2.85. The van der Waals surface area contributed by atoms with Gasteiger partial charge < -0.3 is 5.11 Å². The normalized spacial score (nSPS) is 9.83. The first-order chi connectivity index (χ1) is 5.54. The molecule has 1 aromatic rings. The molecule has 0 aliphatic carbocycles. The van der Waals surface area contributed by atoms with Gasteiger partial charge >= 0.3 is 0 Å². The SMILES string of the molecule is O=[N+]([O-])c1ccc(O)c(Br)c1Cl. The number of aromatic hydroxyl groups is 1. The van der Waals surface area contributed by atoms with E-state index in [9.17, 15) is 10.1 Å². The highest BCUT2D eigenvalue weighted by molar-refractivity contribution is 9.10. The third kappa shape index (κ3) is 1.51. The topological polar surface area (TPSA) is 63.4 Å². The quantitative estimate of drug-likeness (QED) is 0.617. The highest BCUT2D eigenvalue weighted by atomic mass is 79.9. The van der Waals surface area contributed by atoms with E-state index in [4.69, 9.17) is 16.7 Å². The molecule has 0 radical (unpaired) electrons. The molecule has 0 heterocycles. The highest BCUT2D eigenvalue weighted by Crippen LogP contribution is 2.37. The summed E-state index contributed by atoms with van der Waals surface area (Å²) < 4.78 is 0.137. The summed E-state index contributed by atoms with van der Waals surface area (Å²) in [6.07, 6.45) is 0. The van der Waals surface area contributed by atoms with Gasteiger partial charge in [-0.25, -0.2) is 0 Å². The van der Waals surface area contributed by atoms with Crippen molar-refractivity contribution in [3.05, 3.63) is 31.7 Å². The minimum absolute atomic E-state index is 0.0972. The van der Waals surface area contributed by atoms with E-state index in [2.05, 4.69) is 15.9 Å². The molecule has 0 unspecified atom stereocenters. The third-order valence-electron chi connectivity index (χ3n) is 1.24. The zero-order valence-corrected chi connectivity index (χ0v) is 7.96. The highest BCUT2D eigenvalue weighted by Gasteiger charge is 2.16. The number of phenols is 1. The van der Waals surface area contributed by atoms with Gasteiger partial charge in [-0.2, -0.15) is 0 Å². The monoisotopic (exact) mass is 251 g/mol. The maximum atomic E-state index is 10.3. The molecule has 1 N–H and O–H groups in total. The van der Waals surface area contributed by atoms with Crippen molar-refractivity contribution in [3.63, 3.8) is 0 Å². The summed E-state index contributed by atoms with van der Waals surface area (Å²) in [4.78, 5) is 9.69. The van der Waals surface area contributed by atoms with E-state index in [0.29, 0.717) is 0 Å². The molecular weight excluding hydrogens is 249 g/mol. The maximum absolute atomic E-state index is 10.3. The van der Waals surface area contributed by atoms with E-state index in [-0.39, 0.29) is 20.9 Å². The van der Waals surface area contributed by atoms with Gasteiger partial charge in [0.1, 0.15) is 10.8 Å². The minimum Gasteiger partial charge on any atom is -0.507 e. The van der Waals surface area contributed by atoms with Gasteiger partial charge in [0.05, 0.1) is 9.40 Å². The van der Waals surface area contributed by atoms with Crippen LogP contribution in [0.2, 0.25) is 5.02 Å². The molecule has 4 nitrogen and oxygen atoms in total. The van der Waals surface area contributed by atoms with Gasteiger partial charge in [-0.15, -0.1) is 0 Å². The summed E-state index contributed by atoms with van der Waals surface area (Å²) in [5.41, 5.74) is -0.235. The zero-order chi connectivity index (χ0) is 9.30. The van der Waals surface area contributed by atoms with Crippen molar-refractivity contribution in [2.45, 2.75) is 0 Å². The Kier molecular flexibility index (Phi) is 2.54. The Morgan fingerprint density at radius 2 is 2.17 bits per heavy atom. The summed E-state index contributed by atoms with van der Waals surface area (Å²) in [5, 5.41) is 19.3. The van der Waals surface area contributed by atoms with E-state index >= 15 is 0 Å². The maximum Gasteiger partial charge on any atom is 0.289 e. The van der Waals surface area contributed by atoms with Crippen LogP contribution >= 0.6 is 27.5 Å². The number of rotatable bonds is 1. The first kappa shape index (κ1) is 9.28. The van der Waals surface area contributed by atoms with Crippen LogP contribution in [0.4, 0.5) is 5.69 Å². The standard InChI is InChI=1S/C6H3BrClNO3/c7-5-4(10)2-1-3(6(5)8)9(11)12/h1-2,10H. The summed E-state index contributed by atoms with van der Waals surface area (Å²) in [5.74, 6) is -0.120. The molecule has 0 aliphatic rings. The minimum atomic E-state index is -0.619. The van der Waals surface area contributed by atoms with Crippen LogP contribution in [0.3, 0.4) is 0 Å². The predicted octanol–water partition coefficient (Wildman–Crippen LogP) is 2.72. The van der Waals surface area contributed by atoms with Crippen LogP contribution in [0.25, 0.3) is 0 Å². The Bertz CT molecular complexity index is 342. The fourth-order valence-corrected chi connectivity index (χ4v) is 1.23. The Morgan fingerprint density at radius 3 is 2.67 bits per heavy atom. The van der Waals surface area contributed by atoms with Gasteiger partial charge in [0.15, 0.2) is 0 Å². The number of nitrogens with zero attached hydrogens (tertiary/aromatic N) is 1. The summed E-state index contributed by atoms with van der Waals surface area (Å²) in [6, 6.07) is 2.34. The number of hydrogen-bond donors (Lipinski definition) is 1. The molecule has 0 aliphatic heterocycles. The molecule has 0 bridgehead atoms. The Hall–Kier alpha value is -0.810. The van der Waals surface area contributed by atoms with Crippen molar-refractivity contribution in [2.24, 2.45) is 0 Å². The lowest BCUT2D eigenvalue weighted by molar-refractivity contribution is -0.384. The average Bonchev–Trinajstić information content (AvgIpc) is 2.00. The molecule has 1 rings (SSSR count). The second-order valence-corrected chi connectivity index (χ2v) is 3.16. The van der Waals surface area contributed by atoms with Crippen molar-refractivity contribution in [2.75, 3.05) is 0 Å². The van der Waals surface area contributed by atoms with Crippen molar-refractivity contribution in [3.8, 4) is 5.75 Å². The van der Waals surface area contributed by atoms with Crippen molar-refractivity contribution < 1.29 is 10.0 Å². The molecule has 0 saturated carbocycles. The summed E-state index contributed by atoms with van der Waals surface area (Å²) >= 11 is 8.46. The van der Waals surface area contributed by atoms with Crippen LogP contribution < -0.4 is 0 Å². The first-order valence-corrected chi connectivity index (χ1v) is 4.02. The fourth-order valence-electron chi connectivity index (χ4n) is 0.670. The molecule has 64 valence electrons. The lowest BCUT2D eigenvalue weighted by atomic mass is 10.3. The Morgan fingerprint density at radius 1 is 1.58 bits per heavy atom. The van der Waals surface area contributed by atoms with Gasteiger partial charge in [0.2, 0.25) is 0 Å². The second-order valence-electron chi connectivity index (χ2n) is 1.99. The molecule has 0 amide bonds. The summed E-state index contributed by atoms with van der Waals surface area (Å²) in [7, 11) is 0. The van der Waals surface area contributed by atoms with E-state index in [1.165, 1.54) is 6.07 Å². The van der Waals surface area contributed by atoms with Gasteiger partial charge in [0.25, 0.3) is 5.69 Å². The number of benzene rings is 1. The van der Waals surface area contributed by atoms with Gasteiger partial charge in [-0.05, 0) is 22.0 Å². The van der Waals surface area contributed by atoms with E-state index in [0.717, 1.165) is 6.07 Å². The van der Waals surface area contributed by atoms with Crippen molar-refractivity contribution >= 4 is 33.2 Å². The molecule has 0 spiro atoms. The van der Waals surface area contributed by atoms with Crippen LogP contribution in [-0.2, 0) is 0 Å². The third-order valence-corrected chi connectivity index (χ3v) is 2.65. The van der Waals surface area contributed by atoms with Crippen LogP contribution in [-0.4, -0.2) is 10.0 Å².